The average Bonchev–Trinajstić information content (AvgIpc) is 2.42. The van der Waals surface area contributed by atoms with Gasteiger partial charge in [0.25, 0.3) is 0 Å². The largest absolute Gasteiger partial charge is 0.397 e. The molecule has 0 atom stereocenters. The highest BCUT2D eigenvalue weighted by atomic mass is 35.5. The van der Waals surface area contributed by atoms with Crippen LogP contribution < -0.4 is 16.8 Å². The second-order valence-corrected chi connectivity index (χ2v) is 5.11. The number of benzene rings is 1. The van der Waals surface area contributed by atoms with E-state index in [1.165, 1.54) is 6.07 Å². The molecule has 1 aliphatic rings. The number of aliphatic hydroxyl groups is 1. The minimum Gasteiger partial charge on any atom is -0.397 e. The number of aliphatic hydroxyl groups excluding tert-OH is 1. The lowest BCUT2D eigenvalue weighted by molar-refractivity contribution is 0.0379. The van der Waals surface area contributed by atoms with E-state index in [9.17, 15) is 9.50 Å². The van der Waals surface area contributed by atoms with Crippen molar-refractivity contribution in [1.29, 1.82) is 0 Å². The van der Waals surface area contributed by atoms with Crippen molar-refractivity contribution >= 4 is 28.7 Å². The number of nitrogen functional groups attached to an aromatic ring is 2. The van der Waals surface area contributed by atoms with Crippen LogP contribution in [0.3, 0.4) is 0 Å². The summed E-state index contributed by atoms with van der Waals surface area (Å²) in [6.45, 7) is 0.854. The molecule has 0 radical (unpaired) electrons. The molecule has 1 fully saturated rings. The van der Waals surface area contributed by atoms with Crippen LogP contribution in [-0.4, -0.2) is 30.5 Å². The van der Waals surface area contributed by atoms with Crippen LogP contribution in [0.5, 0.6) is 0 Å². The summed E-state index contributed by atoms with van der Waals surface area (Å²) >= 11 is 5.78. The minimum absolute atomic E-state index is 0.0788. The van der Waals surface area contributed by atoms with E-state index >= 15 is 0 Å². The van der Waals surface area contributed by atoms with Gasteiger partial charge < -0.3 is 26.6 Å². The fourth-order valence-corrected chi connectivity index (χ4v) is 2.29. The molecule has 0 saturated carbocycles. The number of hydrogen-bond donors (Lipinski definition) is 4. The molecule has 1 heterocycles. The number of rotatable bonds is 3. The van der Waals surface area contributed by atoms with Crippen LogP contribution in [0.25, 0.3) is 0 Å². The molecule has 5 nitrogen and oxygen atoms in total. The van der Waals surface area contributed by atoms with E-state index in [4.69, 9.17) is 27.8 Å². The molecule has 106 valence electrons. The molecular weight excluding hydrogens is 273 g/mol. The topological polar surface area (TPSA) is 93.5 Å². The van der Waals surface area contributed by atoms with Crippen molar-refractivity contribution in [2.75, 3.05) is 36.6 Å². The van der Waals surface area contributed by atoms with Crippen LogP contribution in [0.4, 0.5) is 21.5 Å². The number of halogens is 2. The summed E-state index contributed by atoms with van der Waals surface area (Å²) < 4.78 is 19.4. The van der Waals surface area contributed by atoms with Gasteiger partial charge in [-0.25, -0.2) is 4.39 Å². The van der Waals surface area contributed by atoms with Gasteiger partial charge in [0.1, 0.15) is 5.02 Å². The Morgan fingerprint density at radius 1 is 1.37 bits per heavy atom. The van der Waals surface area contributed by atoms with Crippen molar-refractivity contribution in [2.45, 2.75) is 18.4 Å². The molecule has 0 aromatic heterocycles. The lowest BCUT2D eigenvalue weighted by Gasteiger charge is -2.37. The van der Waals surface area contributed by atoms with E-state index in [1.54, 1.807) is 0 Å². The van der Waals surface area contributed by atoms with Gasteiger partial charge in [-0.15, -0.1) is 0 Å². The first-order valence-corrected chi connectivity index (χ1v) is 6.36. The first-order chi connectivity index (χ1) is 8.99. The molecular formula is C12H17ClFN3O2. The van der Waals surface area contributed by atoms with Crippen LogP contribution in [0.15, 0.2) is 6.07 Å². The molecule has 0 aliphatic carbocycles. The van der Waals surface area contributed by atoms with E-state index < -0.39 is 11.4 Å². The molecule has 0 spiro atoms. The third kappa shape index (κ3) is 2.70. The first-order valence-electron chi connectivity index (χ1n) is 5.99. The smallest absolute Gasteiger partial charge is 0.169 e. The summed E-state index contributed by atoms with van der Waals surface area (Å²) in [6.07, 6.45) is 1.12. The van der Waals surface area contributed by atoms with Gasteiger partial charge in [0, 0.05) is 13.2 Å². The van der Waals surface area contributed by atoms with Crippen LogP contribution in [0.1, 0.15) is 12.8 Å². The van der Waals surface area contributed by atoms with Crippen LogP contribution >= 0.6 is 11.6 Å². The van der Waals surface area contributed by atoms with Crippen molar-refractivity contribution in [2.24, 2.45) is 0 Å². The third-order valence-corrected chi connectivity index (χ3v) is 3.79. The Balaban J connectivity index is 2.34. The second-order valence-electron chi connectivity index (χ2n) is 4.73. The molecule has 7 heteroatoms. The molecule has 19 heavy (non-hydrogen) atoms. The minimum atomic E-state index is -0.696. The summed E-state index contributed by atoms with van der Waals surface area (Å²) in [7, 11) is 0. The predicted octanol–water partition coefficient (Wildman–Crippen LogP) is 1.60. The van der Waals surface area contributed by atoms with Crippen molar-refractivity contribution in [3.63, 3.8) is 0 Å². The molecule has 0 bridgehead atoms. The van der Waals surface area contributed by atoms with Gasteiger partial charge in [0.15, 0.2) is 5.82 Å². The highest BCUT2D eigenvalue weighted by Crippen LogP contribution is 2.37. The summed E-state index contributed by atoms with van der Waals surface area (Å²) in [5.74, 6) is -0.696. The fraction of sp³-hybridized carbons (Fsp3) is 0.500. The number of hydrogen-bond acceptors (Lipinski definition) is 5. The monoisotopic (exact) mass is 289 g/mol. The van der Waals surface area contributed by atoms with E-state index in [0.29, 0.717) is 26.1 Å². The maximum absolute atomic E-state index is 14.1. The second kappa shape index (κ2) is 5.40. The lowest BCUT2D eigenvalue weighted by atomic mass is 9.90. The SMILES string of the molecule is Nc1cc(N)c(NC2(CO)CCOCC2)c(F)c1Cl. The maximum Gasteiger partial charge on any atom is 0.169 e. The average molecular weight is 290 g/mol. The number of ether oxygens (including phenoxy) is 1. The summed E-state index contributed by atoms with van der Waals surface area (Å²) in [4.78, 5) is 0. The van der Waals surface area contributed by atoms with Crippen molar-refractivity contribution in [3.05, 3.63) is 16.9 Å². The van der Waals surface area contributed by atoms with Crippen molar-refractivity contribution in [3.8, 4) is 0 Å². The van der Waals surface area contributed by atoms with Crippen LogP contribution in [0, 0.1) is 5.82 Å². The van der Waals surface area contributed by atoms with Gasteiger partial charge in [-0.05, 0) is 18.9 Å². The molecule has 1 aliphatic heterocycles. The highest BCUT2D eigenvalue weighted by molar-refractivity contribution is 6.33. The molecule has 1 saturated heterocycles. The zero-order chi connectivity index (χ0) is 14.0. The summed E-state index contributed by atoms with van der Waals surface area (Å²) in [5, 5.41) is 12.4. The van der Waals surface area contributed by atoms with Crippen molar-refractivity contribution < 1.29 is 14.2 Å². The predicted molar refractivity (Wildman–Crippen MR) is 73.7 cm³/mol. The number of nitrogens with one attached hydrogen (secondary N) is 1. The standard InChI is InChI=1S/C12H17ClFN3O2/c13-9-7(15)5-8(16)11(10(9)14)17-12(6-18)1-3-19-4-2-12/h5,17-18H,1-4,6,15-16H2. The van der Waals surface area contributed by atoms with E-state index in [1.807, 2.05) is 0 Å². The maximum atomic E-state index is 14.1. The quantitative estimate of drug-likeness (QED) is 0.634. The van der Waals surface area contributed by atoms with Gasteiger partial charge >= 0.3 is 0 Å². The number of anilines is 3. The van der Waals surface area contributed by atoms with Gasteiger partial charge in [-0.3, -0.25) is 0 Å². The normalized spacial score (nSPS) is 18.3. The van der Waals surface area contributed by atoms with E-state index in [2.05, 4.69) is 5.32 Å². The Hall–Kier alpha value is -1.24. The van der Waals surface area contributed by atoms with Gasteiger partial charge in [0.2, 0.25) is 0 Å². The molecule has 2 rings (SSSR count). The Morgan fingerprint density at radius 2 is 2.00 bits per heavy atom. The van der Waals surface area contributed by atoms with Gasteiger partial charge in [0.05, 0.1) is 29.2 Å². The Kier molecular flexibility index (Phi) is 4.03. The zero-order valence-corrected chi connectivity index (χ0v) is 11.1. The molecule has 0 unspecified atom stereocenters. The van der Waals surface area contributed by atoms with Crippen molar-refractivity contribution in [1.82, 2.24) is 0 Å². The van der Waals surface area contributed by atoms with Crippen LogP contribution in [0.2, 0.25) is 5.02 Å². The summed E-state index contributed by atoms with van der Waals surface area (Å²) in [5.41, 5.74) is 11.0. The lowest BCUT2D eigenvalue weighted by Crippen LogP contribution is -2.47. The van der Waals surface area contributed by atoms with E-state index in [0.717, 1.165) is 0 Å². The van der Waals surface area contributed by atoms with Crippen LogP contribution in [-0.2, 0) is 4.74 Å². The third-order valence-electron chi connectivity index (χ3n) is 3.41. The fourth-order valence-electron chi connectivity index (χ4n) is 2.14. The highest BCUT2D eigenvalue weighted by Gasteiger charge is 2.33. The molecule has 6 N–H and O–H groups in total. The van der Waals surface area contributed by atoms with Gasteiger partial charge in [-0.2, -0.15) is 0 Å². The van der Waals surface area contributed by atoms with E-state index in [-0.39, 0.29) is 28.7 Å². The Labute approximate surface area is 115 Å². The molecule has 1 aromatic carbocycles. The first kappa shape index (κ1) is 14.2. The Morgan fingerprint density at radius 3 is 2.58 bits per heavy atom. The molecule has 1 aromatic rings. The molecule has 0 amide bonds. The Bertz CT molecular complexity index is 479. The zero-order valence-electron chi connectivity index (χ0n) is 10.4. The summed E-state index contributed by atoms with van der Waals surface area (Å²) in [6, 6.07) is 1.40. The van der Waals surface area contributed by atoms with Gasteiger partial charge in [-0.1, -0.05) is 11.6 Å². The number of nitrogens with two attached hydrogens (primary N) is 2.